The van der Waals surface area contributed by atoms with Crippen LogP contribution in [0.15, 0.2) is 24.3 Å². The van der Waals surface area contributed by atoms with Gasteiger partial charge in [0.15, 0.2) is 0 Å². The Hall–Kier alpha value is -0.650. The molecule has 0 aliphatic carbocycles. The van der Waals surface area contributed by atoms with Crippen molar-refractivity contribution >= 4 is 28.6 Å². The zero-order valence-electron chi connectivity index (χ0n) is 6.00. The molecule has 0 aromatic heterocycles. The van der Waals surface area contributed by atoms with E-state index in [1.807, 2.05) is 22.6 Å². The lowest BCUT2D eigenvalue weighted by atomic mass is 10.1. The van der Waals surface area contributed by atoms with Crippen molar-refractivity contribution < 1.29 is 14.3 Å². The van der Waals surface area contributed by atoms with Crippen LogP contribution in [0.1, 0.15) is 11.7 Å². The standard InChI is InChI=1S/C8H6FIO2/c9-7(8(11)12)5-2-1-3-6(10)4-5/h1-4,7H,(H,11,12). The van der Waals surface area contributed by atoms with E-state index < -0.39 is 12.1 Å². The van der Waals surface area contributed by atoms with Crippen LogP contribution < -0.4 is 0 Å². The zero-order valence-corrected chi connectivity index (χ0v) is 8.16. The fourth-order valence-corrected chi connectivity index (χ4v) is 1.37. The lowest BCUT2D eigenvalue weighted by Crippen LogP contribution is -2.05. The van der Waals surface area contributed by atoms with Gasteiger partial charge in [-0.2, -0.15) is 0 Å². The number of benzene rings is 1. The van der Waals surface area contributed by atoms with Crippen molar-refractivity contribution in [3.05, 3.63) is 33.4 Å². The molecule has 0 heterocycles. The fourth-order valence-electron chi connectivity index (χ4n) is 0.807. The first-order chi connectivity index (χ1) is 5.61. The SMILES string of the molecule is O=C(O)C(F)c1cccc(I)c1. The van der Waals surface area contributed by atoms with E-state index in [0.717, 1.165) is 3.57 Å². The Kier molecular flexibility index (Phi) is 3.02. The first-order valence-electron chi connectivity index (χ1n) is 3.23. The van der Waals surface area contributed by atoms with Crippen LogP contribution >= 0.6 is 22.6 Å². The lowest BCUT2D eigenvalue weighted by Gasteiger charge is -2.02. The predicted molar refractivity (Wildman–Crippen MR) is 50.6 cm³/mol. The molecule has 2 nitrogen and oxygen atoms in total. The van der Waals surface area contributed by atoms with Gasteiger partial charge in [0.05, 0.1) is 0 Å². The number of carboxylic acids is 1. The van der Waals surface area contributed by atoms with Crippen molar-refractivity contribution in [2.75, 3.05) is 0 Å². The second kappa shape index (κ2) is 3.84. The van der Waals surface area contributed by atoms with Gasteiger partial charge in [0.1, 0.15) is 0 Å². The van der Waals surface area contributed by atoms with Gasteiger partial charge in [-0.15, -0.1) is 0 Å². The van der Waals surface area contributed by atoms with Crippen molar-refractivity contribution in [2.45, 2.75) is 6.17 Å². The molecule has 1 rings (SSSR count). The minimum Gasteiger partial charge on any atom is -0.479 e. The number of carbonyl (C=O) groups is 1. The van der Waals surface area contributed by atoms with Gasteiger partial charge in [-0.25, -0.2) is 9.18 Å². The Bertz CT molecular complexity index is 301. The van der Waals surface area contributed by atoms with Gasteiger partial charge in [0.25, 0.3) is 0 Å². The van der Waals surface area contributed by atoms with Crippen molar-refractivity contribution in [1.82, 2.24) is 0 Å². The van der Waals surface area contributed by atoms with Crippen molar-refractivity contribution in [3.8, 4) is 0 Å². The third-order valence-electron chi connectivity index (χ3n) is 1.36. The summed E-state index contributed by atoms with van der Waals surface area (Å²) in [6, 6.07) is 6.38. The molecule has 4 heteroatoms. The van der Waals surface area contributed by atoms with Crippen LogP contribution in [-0.2, 0) is 4.79 Å². The molecule has 0 fully saturated rings. The highest BCUT2D eigenvalue weighted by molar-refractivity contribution is 14.1. The van der Waals surface area contributed by atoms with Crippen molar-refractivity contribution in [3.63, 3.8) is 0 Å². The van der Waals surface area contributed by atoms with E-state index in [4.69, 9.17) is 5.11 Å². The van der Waals surface area contributed by atoms with Gasteiger partial charge in [0.2, 0.25) is 6.17 Å². The summed E-state index contributed by atoms with van der Waals surface area (Å²) in [5, 5.41) is 8.35. The molecule has 1 atom stereocenters. The van der Waals surface area contributed by atoms with Crippen molar-refractivity contribution in [1.29, 1.82) is 0 Å². The molecule has 0 aliphatic rings. The summed E-state index contributed by atoms with van der Waals surface area (Å²) in [6.07, 6.45) is -1.92. The molecule has 1 aromatic carbocycles. The molecule has 1 unspecified atom stereocenters. The van der Waals surface area contributed by atoms with E-state index in [0.29, 0.717) is 0 Å². The van der Waals surface area contributed by atoms with Gasteiger partial charge >= 0.3 is 5.97 Å². The average molecular weight is 280 g/mol. The van der Waals surface area contributed by atoms with Gasteiger partial charge in [-0.1, -0.05) is 12.1 Å². The highest BCUT2D eigenvalue weighted by Crippen LogP contribution is 2.19. The Morgan fingerprint density at radius 1 is 1.58 bits per heavy atom. The summed E-state index contributed by atoms with van der Waals surface area (Å²) < 4.78 is 13.7. The van der Waals surface area contributed by atoms with Crippen LogP contribution in [-0.4, -0.2) is 11.1 Å². The van der Waals surface area contributed by atoms with E-state index in [2.05, 4.69) is 0 Å². The van der Waals surface area contributed by atoms with Crippen LogP contribution in [0.3, 0.4) is 0 Å². The largest absolute Gasteiger partial charge is 0.479 e. The predicted octanol–water partition coefficient (Wildman–Crippen LogP) is 2.39. The second-order valence-corrected chi connectivity index (χ2v) is 3.50. The molecule has 1 aromatic rings. The van der Waals surface area contributed by atoms with E-state index >= 15 is 0 Å². The summed E-state index contributed by atoms with van der Waals surface area (Å²) >= 11 is 2.00. The minimum absolute atomic E-state index is 0.189. The van der Waals surface area contributed by atoms with Gasteiger partial charge < -0.3 is 5.11 Å². The smallest absolute Gasteiger partial charge is 0.343 e. The maximum absolute atomic E-state index is 12.8. The molecule has 0 aliphatic heterocycles. The van der Waals surface area contributed by atoms with Crippen LogP contribution in [0.25, 0.3) is 0 Å². The monoisotopic (exact) mass is 280 g/mol. The van der Waals surface area contributed by atoms with Gasteiger partial charge in [-0.3, -0.25) is 0 Å². The molecule has 0 radical (unpaired) electrons. The third kappa shape index (κ3) is 2.17. The number of aliphatic carboxylic acids is 1. The molecule has 1 N–H and O–H groups in total. The first kappa shape index (κ1) is 9.44. The Labute approximate surface area is 82.5 Å². The van der Waals surface area contributed by atoms with Crippen LogP contribution in [0.5, 0.6) is 0 Å². The molecule has 0 spiro atoms. The second-order valence-electron chi connectivity index (χ2n) is 2.26. The number of halogens is 2. The highest BCUT2D eigenvalue weighted by Gasteiger charge is 2.17. The third-order valence-corrected chi connectivity index (χ3v) is 2.03. The maximum atomic E-state index is 12.8. The van der Waals surface area contributed by atoms with Crippen LogP contribution in [0.4, 0.5) is 4.39 Å². The molecular formula is C8H6FIO2. The fraction of sp³-hybridized carbons (Fsp3) is 0.125. The number of hydrogen-bond acceptors (Lipinski definition) is 1. The van der Waals surface area contributed by atoms with Crippen LogP contribution in [0, 0.1) is 3.57 Å². The van der Waals surface area contributed by atoms with E-state index in [-0.39, 0.29) is 5.56 Å². The van der Waals surface area contributed by atoms with Crippen molar-refractivity contribution in [2.24, 2.45) is 0 Å². The molecule has 0 saturated carbocycles. The number of alkyl halides is 1. The molecular weight excluding hydrogens is 274 g/mol. The molecule has 0 amide bonds. The molecule has 12 heavy (non-hydrogen) atoms. The molecule has 64 valence electrons. The number of rotatable bonds is 2. The Morgan fingerprint density at radius 2 is 2.25 bits per heavy atom. The number of carboxylic acid groups (broad SMARTS) is 1. The minimum atomic E-state index is -1.92. The Morgan fingerprint density at radius 3 is 2.75 bits per heavy atom. The van der Waals surface area contributed by atoms with Crippen LogP contribution in [0.2, 0.25) is 0 Å². The summed E-state index contributed by atoms with van der Waals surface area (Å²) in [4.78, 5) is 10.2. The summed E-state index contributed by atoms with van der Waals surface area (Å²) in [5.74, 6) is -1.45. The molecule has 0 saturated heterocycles. The Balaban J connectivity index is 2.95. The van der Waals surface area contributed by atoms with Gasteiger partial charge in [-0.05, 0) is 40.3 Å². The highest BCUT2D eigenvalue weighted by atomic mass is 127. The van der Waals surface area contributed by atoms with E-state index in [1.54, 1.807) is 12.1 Å². The molecule has 0 bridgehead atoms. The van der Waals surface area contributed by atoms with Gasteiger partial charge in [0, 0.05) is 3.57 Å². The lowest BCUT2D eigenvalue weighted by molar-refractivity contribution is -0.143. The average Bonchev–Trinajstić information content (AvgIpc) is 2.03. The summed E-state index contributed by atoms with van der Waals surface area (Å²) in [6.45, 7) is 0. The summed E-state index contributed by atoms with van der Waals surface area (Å²) in [7, 11) is 0. The number of hydrogen-bond donors (Lipinski definition) is 1. The normalized spacial score (nSPS) is 12.5. The van der Waals surface area contributed by atoms with E-state index in [9.17, 15) is 9.18 Å². The summed E-state index contributed by atoms with van der Waals surface area (Å²) in [5.41, 5.74) is 0.189. The quantitative estimate of drug-likeness (QED) is 0.844. The first-order valence-corrected chi connectivity index (χ1v) is 4.31. The zero-order chi connectivity index (χ0) is 9.14. The maximum Gasteiger partial charge on any atom is 0.343 e. The van der Waals surface area contributed by atoms with E-state index in [1.165, 1.54) is 12.1 Å². The topological polar surface area (TPSA) is 37.3 Å².